The minimum atomic E-state index is -0.457. The molecular weight excluding hydrogens is 254 g/mol. The van der Waals surface area contributed by atoms with Gasteiger partial charge in [0.1, 0.15) is 5.69 Å². The Morgan fingerprint density at radius 3 is 2.45 bits per heavy atom. The Morgan fingerprint density at radius 2 is 1.90 bits per heavy atom. The fraction of sp³-hybridized carbons (Fsp3) is 0.133. The van der Waals surface area contributed by atoms with Crippen molar-refractivity contribution in [1.82, 2.24) is 0 Å². The summed E-state index contributed by atoms with van der Waals surface area (Å²) in [7, 11) is 0. The van der Waals surface area contributed by atoms with Crippen molar-refractivity contribution >= 4 is 17.1 Å². The van der Waals surface area contributed by atoms with Crippen LogP contribution in [0.3, 0.4) is 0 Å². The van der Waals surface area contributed by atoms with Gasteiger partial charge in [-0.3, -0.25) is 10.1 Å². The number of hydrogen-bond acceptors (Lipinski definition) is 4. The summed E-state index contributed by atoms with van der Waals surface area (Å²) >= 11 is 0. The Bertz CT molecular complexity index is 703. The lowest BCUT2D eigenvalue weighted by Crippen LogP contribution is -2.02. The van der Waals surface area contributed by atoms with Crippen LogP contribution in [-0.4, -0.2) is 4.92 Å². The first kappa shape index (κ1) is 13.6. The standard InChI is InChI=1S/C15H13N3O2/c1-10-8-14(17-12-6-4-3-5-7-12)15(18(19)20)11(2)13(10)9-16/h3-8,17H,1-2H3. The molecule has 0 bridgehead atoms. The van der Waals surface area contributed by atoms with E-state index in [0.29, 0.717) is 22.4 Å². The van der Waals surface area contributed by atoms with Crippen molar-refractivity contribution in [3.8, 4) is 6.07 Å². The number of nitro groups is 1. The van der Waals surface area contributed by atoms with Crippen molar-refractivity contribution in [2.75, 3.05) is 5.32 Å². The number of rotatable bonds is 3. The second-order valence-electron chi connectivity index (χ2n) is 4.45. The summed E-state index contributed by atoms with van der Waals surface area (Å²) in [6.07, 6.45) is 0. The molecule has 100 valence electrons. The SMILES string of the molecule is Cc1cc(Nc2ccccc2)c([N+](=O)[O-])c(C)c1C#N. The van der Waals surface area contributed by atoms with Crippen molar-refractivity contribution in [1.29, 1.82) is 5.26 Å². The average Bonchev–Trinajstić information content (AvgIpc) is 2.39. The summed E-state index contributed by atoms with van der Waals surface area (Å²) in [5, 5.41) is 23.4. The van der Waals surface area contributed by atoms with E-state index in [1.807, 2.05) is 36.4 Å². The lowest BCUT2D eigenvalue weighted by Gasteiger charge is -2.11. The third-order valence-corrected chi connectivity index (χ3v) is 3.09. The zero-order valence-electron chi connectivity index (χ0n) is 11.2. The molecule has 0 fully saturated rings. The zero-order chi connectivity index (χ0) is 14.7. The van der Waals surface area contributed by atoms with Gasteiger partial charge in [-0.1, -0.05) is 18.2 Å². The van der Waals surface area contributed by atoms with Crippen LogP contribution >= 0.6 is 0 Å². The molecule has 0 aliphatic rings. The van der Waals surface area contributed by atoms with E-state index in [9.17, 15) is 10.1 Å². The summed E-state index contributed by atoms with van der Waals surface area (Å²) in [5.41, 5.74) is 2.56. The van der Waals surface area contributed by atoms with E-state index in [2.05, 4.69) is 5.32 Å². The molecule has 5 nitrogen and oxygen atoms in total. The molecule has 20 heavy (non-hydrogen) atoms. The molecule has 0 aromatic heterocycles. The molecule has 0 aliphatic heterocycles. The Kier molecular flexibility index (Phi) is 3.67. The van der Waals surface area contributed by atoms with Crippen molar-refractivity contribution in [3.63, 3.8) is 0 Å². The number of anilines is 2. The summed E-state index contributed by atoms with van der Waals surface area (Å²) < 4.78 is 0. The monoisotopic (exact) mass is 267 g/mol. The first-order valence-electron chi connectivity index (χ1n) is 6.05. The highest BCUT2D eigenvalue weighted by Gasteiger charge is 2.22. The fourth-order valence-corrected chi connectivity index (χ4v) is 2.15. The van der Waals surface area contributed by atoms with Gasteiger partial charge in [-0.15, -0.1) is 0 Å². The fourth-order valence-electron chi connectivity index (χ4n) is 2.15. The summed E-state index contributed by atoms with van der Waals surface area (Å²) in [4.78, 5) is 10.8. The molecule has 5 heteroatoms. The molecule has 0 aliphatic carbocycles. The highest BCUT2D eigenvalue weighted by molar-refractivity contribution is 5.75. The van der Waals surface area contributed by atoms with Crippen LogP contribution in [0.25, 0.3) is 0 Å². The van der Waals surface area contributed by atoms with Gasteiger partial charge in [-0.05, 0) is 37.6 Å². The zero-order valence-corrected chi connectivity index (χ0v) is 11.2. The number of nitrogens with one attached hydrogen (secondary N) is 1. The van der Waals surface area contributed by atoms with Crippen molar-refractivity contribution < 1.29 is 4.92 Å². The third kappa shape index (κ3) is 2.45. The summed E-state index contributed by atoms with van der Waals surface area (Å²) in [6, 6.07) is 12.9. The van der Waals surface area contributed by atoms with Gasteiger partial charge in [0.25, 0.3) is 5.69 Å². The minimum absolute atomic E-state index is 0.0593. The number of nitriles is 1. The van der Waals surface area contributed by atoms with E-state index < -0.39 is 4.92 Å². The van der Waals surface area contributed by atoms with Crippen LogP contribution in [0.5, 0.6) is 0 Å². The van der Waals surface area contributed by atoms with Crippen LogP contribution in [0.1, 0.15) is 16.7 Å². The van der Waals surface area contributed by atoms with Crippen LogP contribution in [0.2, 0.25) is 0 Å². The van der Waals surface area contributed by atoms with Gasteiger partial charge >= 0.3 is 0 Å². The first-order valence-corrected chi connectivity index (χ1v) is 6.05. The number of para-hydroxylation sites is 1. The Balaban J connectivity index is 2.59. The van der Waals surface area contributed by atoms with E-state index in [4.69, 9.17) is 5.26 Å². The first-order chi connectivity index (χ1) is 9.54. The van der Waals surface area contributed by atoms with Gasteiger partial charge in [-0.2, -0.15) is 5.26 Å². The predicted octanol–water partition coefficient (Wildman–Crippen LogP) is 3.83. The highest BCUT2D eigenvalue weighted by Crippen LogP contribution is 2.34. The number of benzene rings is 2. The van der Waals surface area contributed by atoms with Crippen LogP contribution in [-0.2, 0) is 0 Å². The van der Waals surface area contributed by atoms with E-state index in [1.54, 1.807) is 19.9 Å². The van der Waals surface area contributed by atoms with Gasteiger partial charge in [0, 0.05) is 11.3 Å². The van der Waals surface area contributed by atoms with Crippen molar-refractivity contribution in [2.24, 2.45) is 0 Å². The molecule has 0 heterocycles. The molecular formula is C15H13N3O2. The molecule has 0 saturated carbocycles. The van der Waals surface area contributed by atoms with Crippen LogP contribution in [0.15, 0.2) is 36.4 Å². The Hall–Kier alpha value is -2.87. The lowest BCUT2D eigenvalue weighted by molar-refractivity contribution is -0.384. The van der Waals surface area contributed by atoms with E-state index in [-0.39, 0.29) is 5.69 Å². The molecule has 1 N–H and O–H groups in total. The molecule has 0 unspecified atom stereocenters. The normalized spacial score (nSPS) is 9.85. The van der Waals surface area contributed by atoms with Gasteiger partial charge < -0.3 is 5.32 Å². The smallest absolute Gasteiger partial charge is 0.296 e. The van der Waals surface area contributed by atoms with Gasteiger partial charge in [0.15, 0.2) is 0 Å². The number of hydrogen-bond donors (Lipinski definition) is 1. The van der Waals surface area contributed by atoms with Crippen molar-refractivity contribution in [3.05, 3.63) is 63.2 Å². The summed E-state index contributed by atoms with van der Waals surface area (Å²) in [5.74, 6) is 0. The molecule has 0 radical (unpaired) electrons. The van der Waals surface area contributed by atoms with Crippen LogP contribution in [0, 0.1) is 35.3 Å². The predicted molar refractivity (Wildman–Crippen MR) is 77.0 cm³/mol. The van der Waals surface area contributed by atoms with E-state index in [1.165, 1.54) is 0 Å². The van der Waals surface area contributed by atoms with Gasteiger partial charge in [-0.25, -0.2) is 0 Å². The maximum atomic E-state index is 11.3. The highest BCUT2D eigenvalue weighted by atomic mass is 16.6. The quantitative estimate of drug-likeness (QED) is 0.677. The van der Waals surface area contributed by atoms with E-state index in [0.717, 1.165) is 5.69 Å². The second-order valence-corrected chi connectivity index (χ2v) is 4.45. The Labute approximate surface area is 116 Å². The molecule has 0 saturated heterocycles. The molecule has 2 aromatic carbocycles. The topological polar surface area (TPSA) is 79.0 Å². The van der Waals surface area contributed by atoms with Crippen LogP contribution in [0.4, 0.5) is 17.1 Å². The van der Waals surface area contributed by atoms with Gasteiger partial charge in [0.2, 0.25) is 0 Å². The van der Waals surface area contributed by atoms with Crippen molar-refractivity contribution in [2.45, 2.75) is 13.8 Å². The third-order valence-electron chi connectivity index (χ3n) is 3.09. The minimum Gasteiger partial charge on any atom is -0.350 e. The van der Waals surface area contributed by atoms with Gasteiger partial charge in [0.05, 0.1) is 16.6 Å². The van der Waals surface area contributed by atoms with E-state index >= 15 is 0 Å². The molecule has 0 spiro atoms. The molecule has 0 atom stereocenters. The number of nitro benzene ring substituents is 1. The Morgan fingerprint density at radius 1 is 1.25 bits per heavy atom. The molecule has 2 rings (SSSR count). The number of aryl methyl sites for hydroxylation is 1. The lowest BCUT2D eigenvalue weighted by atomic mass is 10.0. The number of nitrogens with zero attached hydrogens (tertiary/aromatic N) is 2. The maximum Gasteiger partial charge on any atom is 0.296 e. The molecule has 2 aromatic rings. The summed E-state index contributed by atoms with van der Waals surface area (Å²) in [6.45, 7) is 3.37. The average molecular weight is 267 g/mol. The largest absolute Gasteiger partial charge is 0.350 e. The maximum absolute atomic E-state index is 11.3. The molecule has 0 amide bonds. The second kappa shape index (κ2) is 5.41. The van der Waals surface area contributed by atoms with Crippen LogP contribution < -0.4 is 5.32 Å².